The van der Waals surface area contributed by atoms with Crippen molar-refractivity contribution in [2.24, 2.45) is 0 Å². The Bertz CT molecular complexity index is 685. The van der Waals surface area contributed by atoms with E-state index < -0.39 is 0 Å². The monoisotopic (exact) mass is 354 g/mol. The van der Waals surface area contributed by atoms with Crippen LogP contribution in [0, 0.1) is 0 Å². The van der Waals surface area contributed by atoms with E-state index in [-0.39, 0.29) is 12.2 Å². The van der Waals surface area contributed by atoms with Gasteiger partial charge in [-0.25, -0.2) is 0 Å². The van der Waals surface area contributed by atoms with Crippen LogP contribution >= 0.6 is 0 Å². The standard InChI is InChI=1S/C22H30N2O2/c1-17(2)26-22-9-7-18(8-10-22)13-23-14-21(25)16-24-12-11-19-5-3-4-6-20(19)15-24/h3-10,17,21,23,25H,11-16H2,1-2H3/t21-/m1/s1. The Hall–Kier alpha value is -1.88. The first-order valence-electron chi connectivity index (χ1n) is 9.53. The van der Waals surface area contributed by atoms with Gasteiger partial charge in [-0.05, 0) is 49.1 Å². The average molecular weight is 354 g/mol. The SMILES string of the molecule is CC(C)Oc1ccc(CNC[C@@H](O)CN2CCc3ccccc3C2)cc1. The number of benzene rings is 2. The zero-order valence-corrected chi connectivity index (χ0v) is 15.8. The fourth-order valence-electron chi connectivity index (χ4n) is 3.41. The van der Waals surface area contributed by atoms with Gasteiger partial charge in [0.25, 0.3) is 0 Å². The predicted molar refractivity (Wildman–Crippen MR) is 105 cm³/mol. The molecule has 3 rings (SSSR count). The maximum atomic E-state index is 10.3. The third-order valence-corrected chi connectivity index (χ3v) is 4.68. The van der Waals surface area contributed by atoms with E-state index in [4.69, 9.17) is 4.74 Å². The Labute approximate surface area is 156 Å². The summed E-state index contributed by atoms with van der Waals surface area (Å²) in [7, 11) is 0. The Morgan fingerprint density at radius 1 is 1.08 bits per heavy atom. The average Bonchev–Trinajstić information content (AvgIpc) is 2.62. The molecule has 140 valence electrons. The first kappa shape index (κ1) is 18.9. The van der Waals surface area contributed by atoms with Gasteiger partial charge in [-0.1, -0.05) is 36.4 Å². The summed E-state index contributed by atoms with van der Waals surface area (Å²) in [6, 6.07) is 16.7. The fraction of sp³-hybridized carbons (Fsp3) is 0.455. The van der Waals surface area contributed by atoms with E-state index in [1.807, 2.05) is 26.0 Å². The lowest BCUT2D eigenvalue weighted by atomic mass is 10.00. The molecule has 0 aliphatic carbocycles. The fourth-order valence-corrected chi connectivity index (χ4v) is 3.41. The van der Waals surface area contributed by atoms with Crippen molar-refractivity contribution in [1.29, 1.82) is 0 Å². The third kappa shape index (κ3) is 5.56. The van der Waals surface area contributed by atoms with Crippen LogP contribution in [0.5, 0.6) is 5.75 Å². The molecule has 1 aliphatic heterocycles. The zero-order chi connectivity index (χ0) is 18.4. The molecule has 0 unspecified atom stereocenters. The highest BCUT2D eigenvalue weighted by molar-refractivity contribution is 5.29. The second-order valence-electron chi connectivity index (χ2n) is 7.35. The molecule has 0 fully saturated rings. The summed E-state index contributed by atoms with van der Waals surface area (Å²) in [5.74, 6) is 0.897. The van der Waals surface area contributed by atoms with Gasteiger partial charge in [0.2, 0.25) is 0 Å². The molecule has 4 nitrogen and oxygen atoms in total. The summed E-state index contributed by atoms with van der Waals surface area (Å²) in [6.07, 6.45) is 0.904. The lowest BCUT2D eigenvalue weighted by molar-refractivity contribution is 0.104. The molecule has 1 heterocycles. The predicted octanol–water partition coefficient (Wildman–Crippen LogP) is 2.98. The number of nitrogens with zero attached hydrogens (tertiary/aromatic N) is 1. The number of β-amino-alcohol motifs (C(OH)–C–C–N with tert-alkyl or cyclic N) is 1. The molecule has 2 N–H and O–H groups in total. The molecule has 0 bridgehead atoms. The van der Waals surface area contributed by atoms with E-state index in [0.717, 1.165) is 31.8 Å². The highest BCUT2D eigenvalue weighted by Gasteiger charge is 2.18. The summed E-state index contributed by atoms with van der Waals surface area (Å²) >= 11 is 0. The van der Waals surface area contributed by atoms with Crippen LogP contribution in [0.15, 0.2) is 48.5 Å². The smallest absolute Gasteiger partial charge is 0.119 e. The number of hydrogen-bond donors (Lipinski definition) is 2. The van der Waals surface area contributed by atoms with Gasteiger partial charge in [-0.3, -0.25) is 4.90 Å². The molecule has 1 atom stereocenters. The van der Waals surface area contributed by atoms with Crippen LogP contribution in [0.1, 0.15) is 30.5 Å². The summed E-state index contributed by atoms with van der Waals surface area (Å²) < 4.78 is 5.66. The molecular weight excluding hydrogens is 324 g/mol. The van der Waals surface area contributed by atoms with Gasteiger partial charge < -0.3 is 15.2 Å². The molecule has 4 heteroatoms. The maximum Gasteiger partial charge on any atom is 0.119 e. The summed E-state index contributed by atoms with van der Waals surface area (Å²) in [6.45, 7) is 8.07. The van der Waals surface area contributed by atoms with E-state index in [1.165, 1.54) is 16.7 Å². The molecule has 0 saturated heterocycles. The van der Waals surface area contributed by atoms with Gasteiger partial charge in [0, 0.05) is 32.7 Å². The van der Waals surface area contributed by atoms with E-state index in [1.54, 1.807) is 0 Å². The molecule has 0 radical (unpaired) electrons. The van der Waals surface area contributed by atoms with Crippen molar-refractivity contribution in [3.05, 3.63) is 65.2 Å². The molecule has 0 saturated carbocycles. The Balaban J connectivity index is 1.39. The quantitative estimate of drug-likeness (QED) is 0.765. The number of aliphatic hydroxyl groups excluding tert-OH is 1. The van der Waals surface area contributed by atoms with Crippen molar-refractivity contribution >= 4 is 0 Å². The highest BCUT2D eigenvalue weighted by Crippen LogP contribution is 2.18. The van der Waals surface area contributed by atoms with Gasteiger partial charge in [-0.15, -0.1) is 0 Å². The molecule has 0 spiro atoms. The van der Waals surface area contributed by atoms with Crippen LogP contribution in [-0.4, -0.2) is 41.8 Å². The number of aliphatic hydroxyl groups is 1. The van der Waals surface area contributed by atoms with Gasteiger partial charge >= 0.3 is 0 Å². The number of nitrogens with one attached hydrogen (secondary N) is 1. The summed E-state index contributed by atoms with van der Waals surface area (Å²) in [4.78, 5) is 2.34. The number of hydrogen-bond acceptors (Lipinski definition) is 4. The lowest BCUT2D eigenvalue weighted by Gasteiger charge is -2.30. The molecule has 2 aromatic carbocycles. The molecular formula is C22H30N2O2. The minimum absolute atomic E-state index is 0.191. The third-order valence-electron chi connectivity index (χ3n) is 4.68. The first-order chi connectivity index (χ1) is 12.6. The Morgan fingerprint density at radius 2 is 1.81 bits per heavy atom. The van der Waals surface area contributed by atoms with E-state index in [2.05, 4.69) is 46.6 Å². The summed E-state index contributed by atoms with van der Waals surface area (Å²) in [5.41, 5.74) is 4.03. The van der Waals surface area contributed by atoms with Gasteiger partial charge in [-0.2, -0.15) is 0 Å². The normalized spacial score (nSPS) is 15.7. The number of fused-ring (bicyclic) bond motifs is 1. The van der Waals surface area contributed by atoms with Crippen LogP contribution in [0.2, 0.25) is 0 Å². The van der Waals surface area contributed by atoms with Gasteiger partial charge in [0.15, 0.2) is 0 Å². The van der Waals surface area contributed by atoms with Crippen molar-refractivity contribution in [2.45, 2.75) is 45.6 Å². The Morgan fingerprint density at radius 3 is 2.54 bits per heavy atom. The van der Waals surface area contributed by atoms with Crippen LogP contribution in [0.3, 0.4) is 0 Å². The van der Waals surface area contributed by atoms with Gasteiger partial charge in [0.1, 0.15) is 5.75 Å². The second-order valence-corrected chi connectivity index (χ2v) is 7.35. The lowest BCUT2D eigenvalue weighted by Crippen LogP contribution is -2.40. The van der Waals surface area contributed by atoms with Crippen molar-refractivity contribution < 1.29 is 9.84 Å². The van der Waals surface area contributed by atoms with Gasteiger partial charge in [0.05, 0.1) is 12.2 Å². The molecule has 1 aliphatic rings. The molecule has 0 amide bonds. The van der Waals surface area contributed by atoms with E-state index in [0.29, 0.717) is 13.1 Å². The van der Waals surface area contributed by atoms with Crippen molar-refractivity contribution in [2.75, 3.05) is 19.6 Å². The van der Waals surface area contributed by atoms with Crippen LogP contribution in [0.25, 0.3) is 0 Å². The zero-order valence-electron chi connectivity index (χ0n) is 15.8. The highest BCUT2D eigenvalue weighted by atomic mass is 16.5. The second kappa shape index (κ2) is 9.17. The maximum absolute atomic E-state index is 10.3. The summed E-state index contributed by atoms with van der Waals surface area (Å²) in [5, 5.41) is 13.7. The molecule has 0 aromatic heterocycles. The van der Waals surface area contributed by atoms with Crippen LogP contribution in [0.4, 0.5) is 0 Å². The van der Waals surface area contributed by atoms with E-state index >= 15 is 0 Å². The first-order valence-corrected chi connectivity index (χ1v) is 9.53. The minimum atomic E-state index is -0.358. The molecule has 2 aromatic rings. The Kier molecular flexibility index (Phi) is 6.67. The van der Waals surface area contributed by atoms with Crippen LogP contribution < -0.4 is 10.1 Å². The largest absolute Gasteiger partial charge is 0.491 e. The molecule has 26 heavy (non-hydrogen) atoms. The topological polar surface area (TPSA) is 44.7 Å². The minimum Gasteiger partial charge on any atom is -0.491 e. The van der Waals surface area contributed by atoms with Crippen molar-refractivity contribution in [3.63, 3.8) is 0 Å². The number of rotatable bonds is 8. The van der Waals surface area contributed by atoms with Crippen molar-refractivity contribution in [3.8, 4) is 5.75 Å². The number of ether oxygens (including phenoxy) is 1. The van der Waals surface area contributed by atoms with E-state index in [9.17, 15) is 5.11 Å². The van der Waals surface area contributed by atoms with Crippen molar-refractivity contribution in [1.82, 2.24) is 10.2 Å². The van der Waals surface area contributed by atoms with Crippen LogP contribution in [-0.2, 0) is 19.5 Å².